The lowest BCUT2D eigenvalue weighted by Gasteiger charge is -2.10. The Morgan fingerprint density at radius 1 is 1.53 bits per heavy atom. The topological polar surface area (TPSA) is 80.9 Å². The number of aromatic nitrogens is 2. The van der Waals surface area contributed by atoms with Crippen molar-refractivity contribution in [2.75, 3.05) is 5.32 Å². The molecule has 0 saturated carbocycles. The van der Waals surface area contributed by atoms with E-state index in [2.05, 4.69) is 14.9 Å². The molecule has 1 heterocycles. The third kappa shape index (κ3) is 2.59. The van der Waals surface area contributed by atoms with Crippen LogP contribution in [0.5, 0.6) is 0 Å². The van der Waals surface area contributed by atoms with Gasteiger partial charge < -0.3 is 11.1 Å². The fourth-order valence-electron chi connectivity index (χ4n) is 1.54. The fraction of sp³-hybridized carbons (Fsp3) is 0.182. The molecule has 2 aromatic rings. The van der Waals surface area contributed by atoms with E-state index in [0.717, 1.165) is 16.9 Å². The lowest BCUT2D eigenvalue weighted by Crippen LogP contribution is -2.14. The summed E-state index contributed by atoms with van der Waals surface area (Å²) >= 11 is 1.31. The quantitative estimate of drug-likeness (QED) is 0.860. The van der Waals surface area contributed by atoms with Gasteiger partial charge in [-0.1, -0.05) is 10.6 Å². The molecule has 1 amide bonds. The Morgan fingerprint density at radius 2 is 2.35 bits per heavy atom. The monoisotopic (exact) mass is 248 g/mol. The zero-order valence-electron chi connectivity index (χ0n) is 9.30. The number of nitrogens with two attached hydrogens (primary N) is 1. The molecule has 6 heteroatoms. The Hall–Kier alpha value is -1.95. The van der Waals surface area contributed by atoms with Crippen molar-refractivity contribution >= 4 is 23.1 Å². The fourth-order valence-corrected chi connectivity index (χ4v) is 1.99. The number of hydrogen-bond acceptors (Lipinski definition) is 5. The molecule has 0 aliphatic carbocycles. The summed E-state index contributed by atoms with van der Waals surface area (Å²) in [5, 5.41) is 9.02. The Kier molecular flexibility index (Phi) is 3.34. The molecule has 0 radical (unpaired) electrons. The van der Waals surface area contributed by atoms with E-state index in [1.165, 1.54) is 11.5 Å². The van der Waals surface area contributed by atoms with E-state index in [1.807, 2.05) is 18.4 Å². The predicted octanol–water partition coefficient (Wildman–Crippen LogP) is 1.56. The lowest BCUT2D eigenvalue weighted by molar-refractivity contribution is 0.1000. The minimum atomic E-state index is -0.415. The molecule has 0 aliphatic heterocycles. The highest BCUT2D eigenvalue weighted by Crippen LogP contribution is 2.19. The summed E-state index contributed by atoms with van der Waals surface area (Å²) in [6.45, 7) is 2.45. The minimum Gasteiger partial charge on any atom is -0.379 e. The van der Waals surface area contributed by atoms with Gasteiger partial charge in [0.05, 0.1) is 12.2 Å². The number of benzene rings is 1. The van der Waals surface area contributed by atoms with Gasteiger partial charge in [-0.15, -0.1) is 5.10 Å². The SMILES string of the molecule is Cc1c(NCc2csnn2)cccc1C(N)=O. The highest BCUT2D eigenvalue weighted by molar-refractivity contribution is 7.03. The van der Waals surface area contributed by atoms with Crippen LogP contribution in [-0.2, 0) is 6.54 Å². The summed E-state index contributed by atoms with van der Waals surface area (Å²) in [4.78, 5) is 11.2. The van der Waals surface area contributed by atoms with Gasteiger partial charge in [0, 0.05) is 16.6 Å². The minimum absolute atomic E-state index is 0.415. The van der Waals surface area contributed by atoms with Crippen molar-refractivity contribution in [3.05, 3.63) is 40.4 Å². The van der Waals surface area contributed by atoms with Crippen LogP contribution in [0.3, 0.4) is 0 Å². The van der Waals surface area contributed by atoms with Crippen LogP contribution in [-0.4, -0.2) is 15.5 Å². The van der Waals surface area contributed by atoms with Crippen LogP contribution in [0.2, 0.25) is 0 Å². The first-order valence-electron chi connectivity index (χ1n) is 5.07. The van der Waals surface area contributed by atoms with Crippen LogP contribution in [0.25, 0.3) is 0 Å². The highest BCUT2D eigenvalue weighted by atomic mass is 32.1. The van der Waals surface area contributed by atoms with Gasteiger partial charge in [-0.25, -0.2) is 0 Å². The van der Waals surface area contributed by atoms with Gasteiger partial charge in [0.2, 0.25) is 5.91 Å². The molecule has 1 aromatic carbocycles. The van der Waals surface area contributed by atoms with E-state index >= 15 is 0 Å². The lowest BCUT2D eigenvalue weighted by atomic mass is 10.1. The van der Waals surface area contributed by atoms with Gasteiger partial charge in [-0.3, -0.25) is 4.79 Å². The third-order valence-electron chi connectivity index (χ3n) is 2.46. The number of anilines is 1. The van der Waals surface area contributed by atoms with E-state index in [9.17, 15) is 4.79 Å². The number of amides is 1. The number of primary amides is 1. The zero-order chi connectivity index (χ0) is 12.3. The molecule has 0 unspecified atom stereocenters. The Morgan fingerprint density at radius 3 is 3.00 bits per heavy atom. The molecular weight excluding hydrogens is 236 g/mol. The van der Waals surface area contributed by atoms with E-state index in [0.29, 0.717) is 12.1 Å². The van der Waals surface area contributed by atoms with E-state index in [4.69, 9.17) is 5.73 Å². The first-order chi connectivity index (χ1) is 8.18. The second-order valence-electron chi connectivity index (χ2n) is 3.59. The standard InChI is InChI=1S/C11H12N4OS/c1-7-9(11(12)16)3-2-4-10(7)13-5-8-6-17-15-14-8/h2-4,6,13H,5H2,1H3,(H2,12,16). The summed E-state index contributed by atoms with van der Waals surface area (Å²) < 4.78 is 3.78. The molecule has 17 heavy (non-hydrogen) atoms. The molecule has 0 aliphatic rings. The first kappa shape index (κ1) is 11.5. The third-order valence-corrected chi connectivity index (χ3v) is 3.02. The van der Waals surface area contributed by atoms with Crippen LogP contribution >= 0.6 is 11.5 Å². The molecular formula is C11H12N4OS. The smallest absolute Gasteiger partial charge is 0.249 e. The second kappa shape index (κ2) is 4.92. The van der Waals surface area contributed by atoms with Crippen LogP contribution in [0.1, 0.15) is 21.6 Å². The molecule has 2 rings (SSSR count). The van der Waals surface area contributed by atoms with Gasteiger partial charge in [0.15, 0.2) is 0 Å². The van der Waals surface area contributed by atoms with Crippen molar-refractivity contribution in [3.8, 4) is 0 Å². The van der Waals surface area contributed by atoms with Crippen molar-refractivity contribution in [1.82, 2.24) is 9.59 Å². The van der Waals surface area contributed by atoms with Crippen molar-refractivity contribution in [2.24, 2.45) is 5.73 Å². The summed E-state index contributed by atoms with van der Waals surface area (Å²) in [5.41, 5.74) is 8.43. The molecule has 88 valence electrons. The first-order valence-corrected chi connectivity index (χ1v) is 5.91. The summed E-state index contributed by atoms with van der Waals surface area (Å²) in [5.74, 6) is -0.415. The van der Waals surface area contributed by atoms with Crippen LogP contribution in [0.15, 0.2) is 23.6 Å². The number of rotatable bonds is 4. The molecule has 0 spiro atoms. The summed E-state index contributed by atoms with van der Waals surface area (Å²) in [6, 6.07) is 5.42. The van der Waals surface area contributed by atoms with Crippen LogP contribution in [0, 0.1) is 6.92 Å². The van der Waals surface area contributed by atoms with Crippen molar-refractivity contribution < 1.29 is 4.79 Å². The van der Waals surface area contributed by atoms with Crippen LogP contribution in [0.4, 0.5) is 5.69 Å². The van der Waals surface area contributed by atoms with Crippen molar-refractivity contribution in [3.63, 3.8) is 0 Å². The maximum atomic E-state index is 11.2. The van der Waals surface area contributed by atoms with Gasteiger partial charge >= 0.3 is 0 Å². The number of carbonyl (C=O) groups excluding carboxylic acids is 1. The van der Waals surface area contributed by atoms with Crippen molar-refractivity contribution in [1.29, 1.82) is 0 Å². The number of carbonyl (C=O) groups is 1. The van der Waals surface area contributed by atoms with E-state index in [-0.39, 0.29) is 0 Å². The maximum absolute atomic E-state index is 11.2. The molecule has 1 aromatic heterocycles. The Balaban J connectivity index is 2.16. The largest absolute Gasteiger partial charge is 0.379 e. The summed E-state index contributed by atoms with van der Waals surface area (Å²) in [7, 11) is 0. The normalized spacial score (nSPS) is 10.2. The summed E-state index contributed by atoms with van der Waals surface area (Å²) in [6.07, 6.45) is 0. The Labute approximate surface area is 103 Å². The molecule has 0 saturated heterocycles. The number of hydrogen-bond donors (Lipinski definition) is 2. The molecule has 0 bridgehead atoms. The van der Waals surface area contributed by atoms with E-state index < -0.39 is 5.91 Å². The molecule has 3 N–H and O–H groups in total. The average molecular weight is 248 g/mol. The average Bonchev–Trinajstić information content (AvgIpc) is 2.80. The van der Waals surface area contributed by atoms with Gasteiger partial charge in [0.25, 0.3) is 0 Å². The number of nitrogens with zero attached hydrogens (tertiary/aromatic N) is 2. The van der Waals surface area contributed by atoms with E-state index in [1.54, 1.807) is 12.1 Å². The zero-order valence-corrected chi connectivity index (χ0v) is 10.1. The van der Waals surface area contributed by atoms with Gasteiger partial charge in [0.1, 0.15) is 0 Å². The Bertz CT molecular complexity index is 524. The van der Waals surface area contributed by atoms with Crippen LogP contribution < -0.4 is 11.1 Å². The van der Waals surface area contributed by atoms with Gasteiger partial charge in [-0.2, -0.15) is 0 Å². The molecule has 5 nitrogen and oxygen atoms in total. The molecule has 0 fully saturated rings. The highest BCUT2D eigenvalue weighted by Gasteiger charge is 2.08. The van der Waals surface area contributed by atoms with Gasteiger partial charge in [-0.05, 0) is 36.2 Å². The van der Waals surface area contributed by atoms with Crippen molar-refractivity contribution in [2.45, 2.75) is 13.5 Å². The predicted molar refractivity (Wildman–Crippen MR) is 66.9 cm³/mol. The molecule has 0 atom stereocenters. The maximum Gasteiger partial charge on any atom is 0.249 e. The number of nitrogens with one attached hydrogen (secondary N) is 1. The second-order valence-corrected chi connectivity index (χ2v) is 4.20.